The van der Waals surface area contributed by atoms with Crippen LogP contribution in [0.15, 0.2) is 64.2 Å². The van der Waals surface area contributed by atoms with E-state index in [2.05, 4.69) is 15.5 Å². The summed E-state index contributed by atoms with van der Waals surface area (Å²) in [5, 5.41) is 21.9. The molecule has 4 aromatic rings. The van der Waals surface area contributed by atoms with Gasteiger partial charge in [0.05, 0.1) is 11.3 Å². The molecule has 0 aliphatic heterocycles. The predicted molar refractivity (Wildman–Crippen MR) is 118 cm³/mol. The van der Waals surface area contributed by atoms with Gasteiger partial charge in [-0.25, -0.2) is 4.79 Å². The maximum absolute atomic E-state index is 12.4. The normalized spacial score (nSPS) is 11.2. The van der Waals surface area contributed by atoms with Crippen molar-refractivity contribution in [3.05, 3.63) is 60.2 Å². The Morgan fingerprint density at radius 3 is 2.68 bits per heavy atom. The molecule has 0 radical (unpaired) electrons. The molecule has 1 amide bonds. The fourth-order valence-corrected chi connectivity index (χ4v) is 4.03. The zero-order valence-corrected chi connectivity index (χ0v) is 17.7. The number of nitrogens with zero attached hydrogens (tertiary/aromatic N) is 3. The van der Waals surface area contributed by atoms with Crippen molar-refractivity contribution in [2.24, 2.45) is 0 Å². The molecule has 2 N–H and O–H groups in total. The van der Waals surface area contributed by atoms with E-state index in [1.165, 1.54) is 23.9 Å². The van der Waals surface area contributed by atoms with Gasteiger partial charge >= 0.3 is 5.97 Å². The summed E-state index contributed by atoms with van der Waals surface area (Å²) in [6.07, 6.45) is 0. The first-order valence-corrected chi connectivity index (χ1v) is 10.6. The highest BCUT2D eigenvalue weighted by molar-refractivity contribution is 7.99. The maximum atomic E-state index is 12.4. The van der Waals surface area contributed by atoms with Gasteiger partial charge in [-0.15, -0.1) is 10.2 Å². The number of rotatable bonds is 7. The summed E-state index contributed by atoms with van der Waals surface area (Å²) in [4.78, 5) is 23.5. The molecule has 2 heterocycles. The molecular formula is C22H20N4O4S. The Morgan fingerprint density at radius 1 is 1.13 bits per heavy atom. The van der Waals surface area contributed by atoms with Gasteiger partial charge in [0.1, 0.15) is 5.58 Å². The Balaban J connectivity index is 1.50. The number of carbonyl (C=O) groups excluding carboxylic acids is 1. The van der Waals surface area contributed by atoms with Crippen LogP contribution >= 0.6 is 11.8 Å². The van der Waals surface area contributed by atoms with E-state index in [9.17, 15) is 9.59 Å². The molecule has 0 spiro atoms. The van der Waals surface area contributed by atoms with Crippen molar-refractivity contribution >= 4 is 40.3 Å². The van der Waals surface area contributed by atoms with Crippen molar-refractivity contribution in [2.75, 3.05) is 11.1 Å². The smallest absolute Gasteiger partial charge is 0.335 e. The number of carboxylic acids is 1. The van der Waals surface area contributed by atoms with E-state index in [4.69, 9.17) is 9.52 Å². The molecule has 8 nitrogen and oxygen atoms in total. The fourth-order valence-electron chi connectivity index (χ4n) is 3.16. The number of aromatic carboxylic acids is 1. The third kappa shape index (κ3) is 4.46. The van der Waals surface area contributed by atoms with Gasteiger partial charge in [-0.05, 0) is 44.2 Å². The van der Waals surface area contributed by atoms with Crippen LogP contribution in [-0.2, 0) is 4.79 Å². The molecule has 0 fully saturated rings. The predicted octanol–water partition coefficient (Wildman–Crippen LogP) is 4.70. The van der Waals surface area contributed by atoms with Gasteiger partial charge < -0.3 is 14.8 Å². The van der Waals surface area contributed by atoms with Crippen LogP contribution in [0.3, 0.4) is 0 Å². The lowest BCUT2D eigenvalue weighted by atomic mass is 10.2. The topological polar surface area (TPSA) is 110 Å². The molecule has 9 heteroatoms. The third-order valence-electron chi connectivity index (χ3n) is 4.55. The molecule has 4 rings (SSSR count). The Labute approximate surface area is 182 Å². The lowest BCUT2D eigenvalue weighted by Crippen LogP contribution is -2.15. The molecule has 2 aromatic heterocycles. The zero-order valence-electron chi connectivity index (χ0n) is 16.9. The minimum atomic E-state index is -1.05. The van der Waals surface area contributed by atoms with Crippen LogP contribution in [0, 0.1) is 0 Å². The number of hydrogen-bond acceptors (Lipinski definition) is 6. The Hall–Kier alpha value is -3.59. The van der Waals surface area contributed by atoms with Crippen LogP contribution in [-0.4, -0.2) is 37.5 Å². The molecule has 0 saturated carbocycles. The van der Waals surface area contributed by atoms with Gasteiger partial charge in [-0.3, -0.25) is 9.36 Å². The summed E-state index contributed by atoms with van der Waals surface area (Å²) in [6, 6.07) is 15.8. The number of fused-ring (bicyclic) bond motifs is 1. The van der Waals surface area contributed by atoms with Gasteiger partial charge in [0, 0.05) is 17.1 Å². The highest BCUT2D eigenvalue weighted by Crippen LogP contribution is 2.31. The standard InChI is InChI=1S/C22H20N4O4S/c1-13(2)26-20(18-11-14-6-3-4-9-17(14)30-18)24-25-22(26)31-12-19(27)23-16-8-5-7-15(10-16)21(28)29/h3-11,13H,12H2,1-2H3,(H,23,27)(H,28,29). The maximum Gasteiger partial charge on any atom is 0.335 e. The number of aromatic nitrogens is 3. The number of hydrogen-bond donors (Lipinski definition) is 2. The molecule has 0 saturated heterocycles. The van der Waals surface area contributed by atoms with Crippen LogP contribution in [0.1, 0.15) is 30.2 Å². The monoisotopic (exact) mass is 436 g/mol. The van der Waals surface area contributed by atoms with Gasteiger partial charge in [0.2, 0.25) is 11.7 Å². The van der Waals surface area contributed by atoms with Crippen molar-refractivity contribution in [3.8, 4) is 11.6 Å². The summed E-state index contributed by atoms with van der Waals surface area (Å²) in [5.74, 6) is -0.000317. The van der Waals surface area contributed by atoms with Gasteiger partial charge in [0.15, 0.2) is 10.9 Å². The largest absolute Gasteiger partial charge is 0.478 e. The number of nitrogens with one attached hydrogen (secondary N) is 1. The number of carbonyl (C=O) groups is 2. The Bertz CT molecular complexity index is 1230. The van der Waals surface area contributed by atoms with E-state index in [1.54, 1.807) is 12.1 Å². The van der Waals surface area contributed by atoms with Gasteiger partial charge in [-0.1, -0.05) is 36.0 Å². The van der Waals surface area contributed by atoms with Crippen molar-refractivity contribution < 1.29 is 19.1 Å². The van der Waals surface area contributed by atoms with E-state index < -0.39 is 5.97 Å². The number of para-hydroxylation sites is 1. The van der Waals surface area contributed by atoms with Crippen molar-refractivity contribution in [1.29, 1.82) is 0 Å². The first kappa shape index (κ1) is 20.7. The third-order valence-corrected chi connectivity index (χ3v) is 5.50. The van der Waals surface area contributed by atoms with Crippen LogP contribution in [0.5, 0.6) is 0 Å². The minimum absolute atomic E-state index is 0.0519. The number of thioether (sulfide) groups is 1. The van der Waals surface area contributed by atoms with Crippen LogP contribution < -0.4 is 5.32 Å². The van der Waals surface area contributed by atoms with Crippen LogP contribution in [0.25, 0.3) is 22.6 Å². The SMILES string of the molecule is CC(C)n1c(SCC(=O)Nc2cccc(C(=O)O)c2)nnc1-c1cc2ccccc2o1. The summed E-state index contributed by atoms with van der Waals surface area (Å²) in [5.41, 5.74) is 1.31. The Morgan fingerprint density at radius 2 is 1.94 bits per heavy atom. The molecular weight excluding hydrogens is 416 g/mol. The number of anilines is 1. The quantitative estimate of drug-likeness (QED) is 0.404. The summed E-state index contributed by atoms with van der Waals surface area (Å²) < 4.78 is 7.86. The van der Waals surface area contributed by atoms with E-state index in [1.807, 2.05) is 48.7 Å². The molecule has 0 aliphatic rings. The first-order chi connectivity index (χ1) is 14.9. The van der Waals surface area contributed by atoms with Crippen molar-refractivity contribution in [2.45, 2.75) is 25.0 Å². The summed E-state index contributed by atoms with van der Waals surface area (Å²) in [6.45, 7) is 4.02. The summed E-state index contributed by atoms with van der Waals surface area (Å²) >= 11 is 1.25. The second-order valence-electron chi connectivity index (χ2n) is 7.14. The van der Waals surface area contributed by atoms with Gasteiger partial charge in [0.25, 0.3) is 0 Å². The zero-order chi connectivity index (χ0) is 22.0. The molecule has 0 bridgehead atoms. The summed E-state index contributed by atoms with van der Waals surface area (Å²) in [7, 11) is 0. The number of furan rings is 1. The highest BCUT2D eigenvalue weighted by atomic mass is 32.2. The molecule has 158 valence electrons. The molecule has 0 atom stereocenters. The number of amides is 1. The number of benzene rings is 2. The Kier molecular flexibility index (Phi) is 5.77. The first-order valence-electron chi connectivity index (χ1n) is 9.62. The average Bonchev–Trinajstić information content (AvgIpc) is 3.36. The van der Waals surface area contributed by atoms with E-state index in [0.717, 1.165) is 11.0 Å². The lowest BCUT2D eigenvalue weighted by Gasteiger charge is -2.12. The second kappa shape index (κ2) is 8.65. The van der Waals surface area contributed by atoms with Gasteiger partial charge in [-0.2, -0.15) is 0 Å². The molecule has 31 heavy (non-hydrogen) atoms. The lowest BCUT2D eigenvalue weighted by molar-refractivity contribution is -0.113. The minimum Gasteiger partial charge on any atom is -0.478 e. The van der Waals surface area contributed by atoms with E-state index >= 15 is 0 Å². The molecule has 0 unspecified atom stereocenters. The van der Waals surface area contributed by atoms with Crippen molar-refractivity contribution in [1.82, 2.24) is 14.8 Å². The van der Waals surface area contributed by atoms with Crippen LogP contribution in [0.2, 0.25) is 0 Å². The second-order valence-corrected chi connectivity index (χ2v) is 8.08. The highest BCUT2D eigenvalue weighted by Gasteiger charge is 2.20. The fraction of sp³-hybridized carbons (Fsp3) is 0.182. The number of carboxylic acid groups (broad SMARTS) is 1. The molecule has 2 aromatic carbocycles. The average molecular weight is 436 g/mol. The van der Waals surface area contributed by atoms with E-state index in [-0.39, 0.29) is 23.3 Å². The van der Waals surface area contributed by atoms with Crippen molar-refractivity contribution in [3.63, 3.8) is 0 Å². The van der Waals surface area contributed by atoms with Crippen LogP contribution in [0.4, 0.5) is 5.69 Å². The molecule has 0 aliphatic carbocycles. The van der Waals surface area contributed by atoms with E-state index in [0.29, 0.717) is 22.4 Å².